The monoisotopic (exact) mass is 300 g/mol. The van der Waals surface area contributed by atoms with Crippen LogP contribution in [0.15, 0.2) is 24.5 Å². The Balaban J connectivity index is 2.10. The third-order valence-electron chi connectivity index (χ3n) is 2.60. The molecule has 2 aromatic heterocycles. The molecule has 1 aliphatic heterocycles. The molecule has 2 aromatic rings. The number of hydrogen-bond acceptors (Lipinski definition) is 2. The van der Waals surface area contributed by atoms with Gasteiger partial charge in [0.05, 0.1) is 28.5 Å². The maximum atomic E-state index is 5.18. The molecule has 3 nitrogen and oxygen atoms in total. The molecule has 1 aliphatic rings. The zero-order valence-corrected chi connectivity index (χ0v) is 9.64. The van der Waals surface area contributed by atoms with Crippen LogP contribution in [0.5, 0.6) is 0 Å². The van der Waals surface area contributed by atoms with Gasteiger partial charge in [-0.1, -0.05) is 6.07 Å². The number of fused-ring (bicyclic) bond motifs is 1. The van der Waals surface area contributed by atoms with Crippen LogP contribution < -0.4 is 0 Å². The highest BCUT2D eigenvalue weighted by Gasteiger charge is 2.20. The molecule has 0 aliphatic carbocycles. The van der Waals surface area contributed by atoms with E-state index in [0.29, 0.717) is 5.92 Å². The maximum absolute atomic E-state index is 5.18. The number of rotatable bonds is 1. The van der Waals surface area contributed by atoms with Gasteiger partial charge in [-0.15, -0.1) is 0 Å². The lowest BCUT2D eigenvalue weighted by Crippen LogP contribution is -2.25. The minimum absolute atomic E-state index is 0.571. The van der Waals surface area contributed by atoms with Crippen molar-refractivity contribution in [3.8, 4) is 0 Å². The number of nitrogens with zero attached hydrogens (tertiary/aromatic N) is 2. The molecule has 0 unspecified atom stereocenters. The summed E-state index contributed by atoms with van der Waals surface area (Å²) in [5.74, 6) is 0.571. The summed E-state index contributed by atoms with van der Waals surface area (Å²) >= 11 is 2.30. The van der Waals surface area contributed by atoms with Crippen molar-refractivity contribution in [3.63, 3.8) is 0 Å². The molecule has 3 heterocycles. The van der Waals surface area contributed by atoms with Crippen molar-refractivity contribution in [3.05, 3.63) is 33.7 Å². The fraction of sp³-hybridized carbons (Fsp3) is 0.300. The minimum atomic E-state index is 0.571. The summed E-state index contributed by atoms with van der Waals surface area (Å²) in [4.78, 5) is 0. The first kappa shape index (κ1) is 8.67. The van der Waals surface area contributed by atoms with E-state index in [0.717, 1.165) is 13.2 Å². The normalized spacial score (nSPS) is 17.2. The van der Waals surface area contributed by atoms with Crippen LogP contribution in [-0.2, 0) is 4.74 Å². The van der Waals surface area contributed by atoms with E-state index >= 15 is 0 Å². The molecular formula is C10H9IN2O. The zero-order chi connectivity index (χ0) is 9.54. The average Bonchev–Trinajstić information content (AvgIpc) is 2.45. The number of pyridine rings is 1. The first-order valence-electron chi connectivity index (χ1n) is 4.55. The summed E-state index contributed by atoms with van der Waals surface area (Å²) in [6.07, 6.45) is 3.99. The molecule has 1 fully saturated rings. The maximum Gasteiger partial charge on any atom is 0.0795 e. The highest BCUT2D eigenvalue weighted by molar-refractivity contribution is 14.1. The van der Waals surface area contributed by atoms with E-state index in [1.807, 2.05) is 10.7 Å². The number of ether oxygens (including phenoxy) is 1. The van der Waals surface area contributed by atoms with E-state index in [-0.39, 0.29) is 0 Å². The minimum Gasteiger partial charge on any atom is -0.380 e. The molecular weight excluding hydrogens is 291 g/mol. The van der Waals surface area contributed by atoms with Crippen LogP contribution in [-0.4, -0.2) is 22.8 Å². The lowest BCUT2D eigenvalue weighted by atomic mass is 10.00. The second-order valence-corrected chi connectivity index (χ2v) is 4.68. The van der Waals surface area contributed by atoms with Gasteiger partial charge in [-0.3, -0.25) is 0 Å². The lowest BCUT2D eigenvalue weighted by Gasteiger charge is -2.26. The number of aromatic nitrogens is 2. The van der Waals surface area contributed by atoms with Crippen LogP contribution >= 0.6 is 22.6 Å². The van der Waals surface area contributed by atoms with Gasteiger partial charge in [0, 0.05) is 12.1 Å². The summed E-state index contributed by atoms with van der Waals surface area (Å²) in [6, 6.07) is 4.30. The van der Waals surface area contributed by atoms with E-state index in [4.69, 9.17) is 4.74 Å². The first-order valence-corrected chi connectivity index (χ1v) is 5.63. The van der Waals surface area contributed by atoms with Gasteiger partial charge in [0.2, 0.25) is 0 Å². The summed E-state index contributed by atoms with van der Waals surface area (Å²) < 4.78 is 8.31. The van der Waals surface area contributed by atoms with Gasteiger partial charge in [0.1, 0.15) is 0 Å². The quantitative estimate of drug-likeness (QED) is 0.754. The Hall–Kier alpha value is -0.620. The Morgan fingerprint density at radius 2 is 2.29 bits per heavy atom. The number of hydrogen-bond donors (Lipinski definition) is 0. The van der Waals surface area contributed by atoms with Crippen molar-refractivity contribution in [1.29, 1.82) is 0 Å². The Bertz CT molecular complexity index is 476. The second-order valence-electron chi connectivity index (χ2n) is 3.52. The molecule has 72 valence electrons. The largest absolute Gasteiger partial charge is 0.380 e. The van der Waals surface area contributed by atoms with Gasteiger partial charge in [0.25, 0.3) is 0 Å². The van der Waals surface area contributed by atoms with Crippen molar-refractivity contribution in [2.24, 2.45) is 0 Å². The van der Waals surface area contributed by atoms with Gasteiger partial charge in [0.15, 0.2) is 0 Å². The molecule has 14 heavy (non-hydrogen) atoms. The van der Waals surface area contributed by atoms with Crippen LogP contribution in [0.1, 0.15) is 11.5 Å². The standard InChI is InChI=1S/C10H9IN2O/c11-9-3-12-13-4-7(1-2-10(9)13)8-5-14-6-8/h1-4,8H,5-6H2. The van der Waals surface area contributed by atoms with E-state index < -0.39 is 0 Å². The van der Waals surface area contributed by atoms with Gasteiger partial charge in [-0.05, 0) is 34.2 Å². The fourth-order valence-corrected chi connectivity index (χ4v) is 2.19. The molecule has 0 bridgehead atoms. The van der Waals surface area contributed by atoms with Crippen LogP contribution in [0.2, 0.25) is 0 Å². The van der Waals surface area contributed by atoms with E-state index in [2.05, 4.69) is 46.0 Å². The lowest BCUT2D eigenvalue weighted by molar-refractivity contribution is 0.00824. The first-order chi connectivity index (χ1) is 6.84. The summed E-state index contributed by atoms with van der Waals surface area (Å²) in [5, 5.41) is 4.29. The highest BCUT2D eigenvalue weighted by atomic mass is 127. The van der Waals surface area contributed by atoms with Crippen molar-refractivity contribution < 1.29 is 4.74 Å². The third-order valence-corrected chi connectivity index (χ3v) is 3.43. The molecule has 0 saturated carbocycles. The zero-order valence-electron chi connectivity index (χ0n) is 7.48. The average molecular weight is 300 g/mol. The molecule has 4 heteroatoms. The summed E-state index contributed by atoms with van der Waals surface area (Å²) in [7, 11) is 0. The van der Waals surface area contributed by atoms with Crippen molar-refractivity contribution >= 4 is 28.1 Å². The third kappa shape index (κ3) is 1.25. The topological polar surface area (TPSA) is 26.5 Å². The molecule has 0 N–H and O–H groups in total. The predicted molar refractivity (Wildman–Crippen MR) is 61.5 cm³/mol. The second kappa shape index (κ2) is 3.20. The predicted octanol–water partition coefficient (Wildman–Crippen LogP) is 2.05. The Morgan fingerprint density at radius 3 is 3.00 bits per heavy atom. The molecule has 0 amide bonds. The molecule has 0 radical (unpaired) electrons. The van der Waals surface area contributed by atoms with Crippen LogP contribution in [0.25, 0.3) is 5.52 Å². The number of halogens is 1. The Labute approximate surface area is 95.2 Å². The van der Waals surface area contributed by atoms with E-state index in [1.54, 1.807) is 0 Å². The smallest absolute Gasteiger partial charge is 0.0795 e. The van der Waals surface area contributed by atoms with Crippen molar-refractivity contribution in [2.75, 3.05) is 13.2 Å². The Morgan fingerprint density at radius 1 is 1.43 bits per heavy atom. The highest BCUT2D eigenvalue weighted by Crippen LogP contribution is 2.24. The van der Waals surface area contributed by atoms with Gasteiger partial charge < -0.3 is 4.74 Å². The van der Waals surface area contributed by atoms with Crippen molar-refractivity contribution in [1.82, 2.24) is 9.61 Å². The fourth-order valence-electron chi connectivity index (χ4n) is 1.64. The van der Waals surface area contributed by atoms with Gasteiger partial charge in [-0.25, -0.2) is 4.52 Å². The molecule has 0 aromatic carbocycles. The molecule has 3 rings (SSSR count). The Kier molecular flexibility index (Phi) is 1.98. The summed E-state index contributed by atoms with van der Waals surface area (Å²) in [5.41, 5.74) is 2.50. The van der Waals surface area contributed by atoms with Crippen molar-refractivity contribution in [2.45, 2.75) is 5.92 Å². The molecule has 0 atom stereocenters. The van der Waals surface area contributed by atoms with Crippen LogP contribution in [0, 0.1) is 3.57 Å². The van der Waals surface area contributed by atoms with Gasteiger partial charge in [-0.2, -0.15) is 5.10 Å². The SMILES string of the molecule is Ic1cnn2cc(C3COC3)ccc12. The van der Waals surface area contributed by atoms with Crippen LogP contribution in [0.4, 0.5) is 0 Å². The van der Waals surface area contributed by atoms with E-state index in [9.17, 15) is 0 Å². The molecule has 0 spiro atoms. The van der Waals surface area contributed by atoms with Gasteiger partial charge >= 0.3 is 0 Å². The van der Waals surface area contributed by atoms with Crippen LogP contribution in [0.3, 0.4) is 0 Å². The molecule has 1 saturated heterocycles. The summed E-state index contributed by atoms with van der Waals surface area (Å²) in [6.45, 7) is 1.70. The van der Waals surface area contributed by atoms with E-state index in [1.165, 1.54) is 14.7 Å².